The first-order valence-corrected chi connectivity index (χ1v) is 6.64. The van der Waals surface area contributed by atoms with Crippen LogP contribution in [0.25, 0.3) is 0 Å². The van der Waals surface area contributed by atoms with Crippen molar-refractivity contribution in [1.29, 1.82) is 0 Å². The van der Waals surface area contributed by atoms with Crippen LogP contribution in [-0.2, 0) is 6.54 Å². The predicted molar refractivity (Wildman–Crippen MR) is 80.3 cm³/mol. The van der Waals surface area contributed by atoms with Crippen LogP contribution in [-0.4, -0.2) is 20.2 Å². The van der Waals surface area contributed by atoms with E-state index in [4.69, 9.17) is 15.2 Å². The predicted octanol–water partition coefficient (Wildman–Crippen LogP) is 2.54. The highest BCUT2D eigenvalue weighted by Crippen LogP contribution is 2.32. The van der Waals surface area contributed by atoms with E-state index in [0.717, 1.165) is 30.2 Å². The fraction of sp³-hybridized carbons (Fsp3) is 0.250. The fourth-order valence-electron chi connectivity index (χ4n) is 1.86. The summed E-state index contributed by atoms with van der Waals surface area (Å²) >= 11 is 0. The summed E-state index contributed by atoms with van der Waals surface area (Å²) in [4.78, 5) is 0. The molecular weight excluding hydrogens is 252 g/mol. The molecule has 0 unspecified atom stereocenters. The number of methoxy groups -OCH3 is 1. The van der Waals surface area contributed by atoms with E-state index in [2.05, 4.69) is 5.32 Å². The molecule has 2 aromatic carbocycles. The van der Waals surface area contributed by atoms with Crippen LogP contribution < -0.4 is 20.5 Å². The summed E-state index contributed by atoms with van der Waals surface area (Å²) in [5, 5.41) is 3.25. The SMILES string of the molecule is COc1cc(CNCCN)ccc1Oc1ccccc1. The summed E-state index contributed by atoms with van der Waals surface area (Å²) in [5.41, 5.74) is 6.59. The van der Waals surface area contributed by atoms with Gasteiger partial charge in [-0.05, 0) is 29.8 Å². The van der Waals surface area contributed by atoms with Gasteiger partial charge < -0.3 is 20.5 Å². The molecule has 106 valence electrons. The van der Waals surface area contributed by atoms with Crippen LogP contribution in [0.15, 0.2) is 48.5 Å². The summed E-state index contributed by atoms with van der Waals surface area (Å²) in [6.45, 7) is 2.19. The Morgan fingerprint density at radius 3 is 2.55 bits per heavy atom. The highest BCUT2D eigenvalue weighted by molar-refractivity contribution is 5.45. The van der Waals surface area contributed by atoms with E-state index in [1.54, 1.807) is 7.11 Å². The first-order chi connectivity index (χ1) is 9.83. The van der Waals surface area contributed by atoms with Gasteiger partial charge in [-0.25, -0.2) is 0 Å². The lowest BCUT2D eigenvalue weighted by Crippen LogP contribution is -2.21. The van der Waals surface area contributed by atoms with E-state index in [1.807, 2.05) is 48.5 Å². The Morgan fingerprint density at radius 1 is 1.05 bits per heavy atom. The topological polar surface area (TPSA) is 56.5 Å². The number of para-hydroxylation sites is 1. The van der Waals surface area contributed by atoms with E-state index in [9.17, 15) is 0 Å². The molecule has 0 atom stereocenters. The molecule has 0 saturated heterocycles. The third kappa shape index (κ3) is 3.98. The molecular formula is C16H20N2O2. The fourth-order valence-corrected chi connectivity index (χ4v) is 1.86. The average molecular weight is 272 g/mol. The Morgan fingerprint density at radius 2 is 1.85 bits per heavy atom. The number of ether oxygens (including phenoxy) is 2. The Kier molecular flexibility index (Phi) is 5.41. The van der Waals surface area contributed by atoms with Crippen LogP contribution in [0.3, 0.4) is 0 Å². The molecule has 0 spiro atoms. The first-order valence-electron chi connectivity index (χ1n) is 6.64. The minimum Gasteiger partial charge on any atom is -0.493 e. The van der Waals surface area contributed by atoms with Crippen molar-refractivity contribution >= 4 is 0 Å². The quantitative estimate of drug-likeness (QED) is 0.761. The average Bonchev–Trinajstić information content (AvgIpc) is 2.50. The highest BCUT2D eigenvalue weighted by Gasteiger charge is 2.06. The molecule has 0 aliphatic carbocycles. The highest BCUT2D eigenvalue weighted by atomic mass is 16.5. The maximum absolute atomic E-state index is 5.82. The molecule has 4 nitrogen and oxygen atoms in total. The minimum absolute atomic E-state index is 0.631. The third-order valence-electron chi connectivity index (χ3n) is 2.85. The second kappa shape index (κ2) is 7.53. The van der Waals surface area contributed by atoms with Gasteiger partial charge in [-0.3, -0.25) is 0 Å². The van der Waals surface area contributed by atoms with Crippen molar-refractivity contribution in [3.63, 3.8) is 0 Å². The van der Waals surface area contributed by atoms with Gasteiger partial charge in [0.1, 0.15) is 5.75 Å². The van der Waals surface area contributed by atoms with Crippen molar-refractivity contribution in [2.24, 2.45) is 5.73 Å². The normalized spacial score (nSPS) is 10.3. The van der Waals surface area contributed by atoms with Crippen molar-refractivity contribution in [1.82, 2.24) is 5.32 Å². The van der Waals surface area contributed by atoms with Crippen molar-refractivity contribution in [3.05, 3.63) is 54.1 Å². The number of nitrogens with two attached hydrogens (primary N) is 1. The molecule has 0 heterocycles. The van der Waals surface area contributed by atoms with Crippen LogP contribution in [0.5, 0.6) is 17.2 Å². The number of hydrogen-bond acceptors (Lipinski definition) is 4. The number of nitrogens with one attached hydrogen (secondary N) is 1. The molecule has 3 N–H and O–H groups in total. The van der Waals surface area contributed by atoms with Crippen molar-refractivity contribution in [2.45, 2.75) is 6.54 Å². The molecule has 4 heteroatoms. The molecule has 20 heavy (non-hydrogen) atoms. The van der Waals surface area contributed by atoms with E-state index >= 15 is 0 Å². The van der Waals surface area contributed by atoms with Gasteiger partial charge in [0, 0.05) is 19.6 Å². The van der Waals surface area contributed by atoms with E-state index in [0.29, 0.717) is 12.3 Å². The zero-order valence-corrected chi connectivity index (χ0v) is 11.6. The Balaban J connectivity index is 2.09. The molecule has 2 rings (SSSR count). The summed E-state index contributed by atoms with van der Waals surface area (Å²) in [5.74, 6) is 2.22. The smallest absolute Gasteiger partial charge is 0.169 e. The van der Waals surface area contributed by atoms with Crippen LogP contribution in [0.1, 0.15) is 5.56 Å². The van der Waals surface area contributed by atoms with Gasteiger partial charge in [-0.2, -0.15) is 0 Å². The lowest BCUT2D eigenvalue weighted by molar-refractivity contribution is 0.378. The van der Waals surface area contributed by atoms with Crippen LogP contribution in [0, 0.1) is 0 Å². The molecule has 0 bridgehead atoms. The molecule has 0 radical (unpaired) electrons. The molecule has 0 amide bonds. The summed E-state index contributed by atoms with van der Waals surface area (Å²) in [6, 6.07) is 15.6. The maximum atomic E-state index is 5.82. The lowest BCUT2D eigenvalue weighted by atomic mass is 10.2. The van der Waals surface area contributed by atoms with Gasteiger partial charge in [0.25, 0.3) is 0 Å². The van der Waals surface area contributed by atoms with Gasteiger partial charge in [-0.15, -0.1) is 0 Å². The molecule has 0 aliphatic heterocycles. The van der Waals surface area contributed by atoms with Gasteiger partial charge in [0.15, 0.2) is 11.5 Å². The van der Waals surface area contributed by atoms with E-state index in [-0.39, 0.29) is 0 Å². The first kappa shape index (κ1) is 14.4. The second-order valence-corrected chi connectivity index (χ2v) is 4.37. The third-order valence-corrected chi connectivity index (χ3v) is 2.85. The zero-order valence-electron chi connectivity index (χ0n) is 11.6. The van der Waals surface area contributed by atoms with Gasteiger partial charge in [-0.1, -0.05) is 24.3 Å². The van der Waals surface area contributed by atoms with Gasteiger partial charge in [0.05, 0.1) is 7.11 Å². The largest absolute Gasteiger partial charge is 0.493 e. The summed E-state index contributed by atoms with van der Waals surface area (Å²) < 4.78 is 11.2. The minimum atomic E-state index is 0.631. The van der Waals surface area contributed by atoms with E-state index in [1.165, 1.54) is 0 Å². The number of hydrogen-bond donors (Lipinski definition) is 2. The molecule has 0 aromatic heterocycles. The Labute approximate surface area is 119 Å². The maximum Gasteiger partial charge on any atom is 0.169 e. The molecule has 0 fully saturated rings. The molecule has 0 aliphatic rings. The summed E-state index contributed by atoms with van der Waals surface area (Å²) in [7, 11) is 1.64. The molecule has 0 saturated carbocycles. The monoisotopic (exact) mass is 272 g/mol. The van der Waals surface area contributed by atoms with Crippen LogP contribution >= 0.6 is 0 Å². The Bertz CT molecular complexity index is 529. The second-order valence-electron chi connectivity index (χ2n) is 4.37. The Hall–Kier alpha value is -2.04. The van der Waals surface area contributed by atoms with Crippen molar-refractivity contribution in [3.8, 4) is 17.2 Å². The van der Waals surface area contributed by atoms with Gasteiger partial charge >= 0.3 is 0 Å². The van der Waals surface area contributed by atoms with Crippen LogP contribution in [0.4, 0.5) is 0 Å². The zero-order chi connectivity index (χ0) is 14.2. The van der Waals surface area contributed by atoms with E-state index < -0.39 is 0 Å². The number of rotatable bonds is 7. The van der Waals surface area contributed by atoms with Gasteiger partial charge in [0.2, 0.25) is 0 Å². The van der Waals surface area contributed by atoms with Crippen molar-refractivity contribution in [2.75, 3.05) is 20.2 Å². The standard InChI is InChI=1S/C16H20N2O2/c1-19-16-11-13(12-18-10-9-17)7-8-15(16)20-14-5-3-2-4-6-14/h2-8,11,18H,9-10,12,17H2,1H3. The molecule has 2 aromatic rings. The lowest BCUT2D eigenvalue weighted by Gasteiger charge is -2.12. The van der Waals surface area contributed by atoms with Crippen LogP contribution in [0.2, 0.25) is 0 Å². The number of benzene rings is 2. The van der Waals surface area contributed by atoms with Crippen molar-refractivity contribution < 1.29 is 9.47 Å². The summed E-state index contributed by atoms with van der Waals surface area (Å²) in [6.07, 6.45) is 0.